The van der Waals surface area contributed by atoms with E-state index in [0.717, 1.165) is 0 Å². The van der Waals surface area contributed by atoms with Gasteiger partial charge in [0.2, 0.25) is 0 Å². The Balaban J connectivity index is 3.71. The number of hydroxylamine groups is 1. The zero-order valence-electron chi connectivity index (χ0n) is 13.8. The van der Waals surface area contributed by atoms with E-state index in [1.54, 1.807) is 0 Å². The highest BCUT2D eigenvalue weighted by Crippen LogP contribution is 2.65. The molecule has 0 saturated carbocycles. The van der Waals surface area contributed by atoms with Crippen LogP contribution in [-0.4, -0.2) is 66.1 Å². The second-order valence-electron chi connectivity index (χ2n) is 5.78. The van der Waals surface area contributed by atoms with E-state index < -0.39 is 67.7 Å². The molecule has 0 aromatic carbocycles. The minimum Gasteiger partial charge on any atom is -0.236 e. The maximum Gasteiger partial charge on any atom is 0.460 e. The Morgan fingerprint density at radius 2 is 0.818 bits per heavy atom. The van der Waals surface area contributed by atoms with Crippen LogP contribution >= 0.6 is 0 Å². The maximum atomic E-state index is 13.6. The average molecular weight is 563 g/mol. The summed E-state index contributed by atoms with van der Waals surface area (Å²) in [5.41, 5.74) is -6.45. The Labute approximate surface area is 165 Å². The number of hydrogen-bond donors (Lipinski definition) is 0. The number of rotatable bonds is 6. The van der Waals surface area contributed by atoms with Crippen molar-refractivity contribution >= 4 is 10.0 Å². The highest BCUT2D eigenvalue weighted by Gasteiger charge is 2.97. The summed E-state index contributed by atoms with van der Waals surface area (Å²) in [5, 5.41) is -8.34. The van der Waals surface area contributed by atoms with Gasteiger partial charge in [-0.15, -0.1) is 0 Å². The van der Waals surface area contributed by atoms with Crippen LogP contribution in [0.3, 0.4) is 0 Å². The van der Waals surface area contributed by atoms with E-state index in [-0.39, 0.29) is 0 Å². The largest absolute Gasteiger partial charge is 0.460 e. The van der Waals surface area contributed by atoms with Crippen molar-refractivity contribution < 1.29 is 96.7 Å². The molecule has 1 fully saturated rings. The quantitative estimate of drug-likeness (QED) is 0.335. The normalized spacial score (nSPS) is 21.8. The van der Waals surface area contributed by atoms with Crippen LogP contribution in [0.2, 0.25) is 0 Å². The van der Waals surface area contributed by atoms with Crippen LogP contribution in [0.5, 0.6) is 0 Å². The van der Waals surface area contributed by atoms with E-state index in [1.807, 2.05) is 0 Å². The molecule has 0 aliphatic carbocycles. The van der Waals surface area contributed by atoms with Crippen molar-refractivity contribution in [3.63, 3.8) is 0 Å². The third-order valence-corrected chi connectivity index (χ3v) is 5.33. The predicted octanol–water partition coefficient (Wildman–Crippen LogP) is 5.08. The van der Waals surface area contributed by atoms with Crippen LogP contribution < -0.4 is 0 Å². The van der Waals surface area contributed by atoms with E-state index >= 15 is 0 Å². The molecule has 1 aliphatic heterocycles. The summed E-state index contributed by atoms with van der Waals surface area (Å²) in [6.07, 6.45) is -22.3. The first-order chi connectivity index (χ1) is 13.8. The lowest BCUT2D eigenvalue weighted by Gasteiger charge is -2.39. The summed E-state index contributed by atoms with van der Waals surface area (Å²) in [5.74, 6) is -34.5. The SMILES string of the molecule is O=S(=O)(N1OC1(C(F)(F)F)C(F)(F)F)C(F)(F)C(F)(F)C(F)(F)C(F)(F)C(F)(F)C(F)(F)F. The van der Waals surface area contributed by atoms with Crippen LogP contribution in [0.15, 0.2) is 0 Å². The van der Waals surface area contributed by atoms with Crippen molar-refractivity contribution in [2.75, 3.05) is 0 Å². The van der Waals surface area contributed by atoms with Gasteiger partial charge in [0.1, 0.15) is 0 Å². The summed E-state index contributed by atoms with van der Waals surface area (Å²) in [7, 11) is -8.67. The van der Waals surface area contributed by atoms with Gasteiger partial charge in [0.15, 0.2) is 0 Å². The number of sulfonamides is 1. The minimum atomic E-state index is -8.79. The lowest BCUT2D eigenvalue weighted by Crippen LogP contribution is -2.71. The Morgan fingerprint density at radius 3 is 1.06 bits per heavy atom. The molecule has 0 radical (unpaired) electrons. The summed E-state index contributed by atoms with van der Waals surface area (Å²) >= 11 is 0. The summed E-state index contributed by atoms with van der Waals surface area (Å²) in [6, 6.07) is 0. The summed E-state index contributed by atoms with van der Waals surface area (Å²) in [4.78, 5) is 2.32. The molecule has 33 heavy (non-hydrogen) atoms. The van der Waals surface area contributed by atoms with Crippen LogP contribution in [0.1, 0.15) is 0 Å². The second kappa shape index (κ2) is 6.81. The van der Waals surface area contributed by atoms with Gasteiger partial charge >= 0.3 is 63.2 Å². The molecule has 1 unspecified atom stereocenters. The maximum absolute atomic E-state index is 13.6. The molecule has 0 bridgehead atoms. The fourth-order valence-electron chi connectivity index (χ4n) is 1.81. The molecule has 0 aromatic rings. The van der Waals surface area contributed by atoms with Crippen molar-refractivity contribution in [3.05, 3.63) is 0 Å². The molecule has 0 amide bonds. The van der Waals surface area contributed by atoms with Gasteiger partial charge in [0.05, 0.1) is 0 Å². The van der Waals surface area contributed by atoms with Crippen molar-refractivity contribution in [3.8, 4) is 0 Å². The summed E-state index contributed by atoms with van der Waals surface area (Å²) in [6.45, 7) is 0. The molecule has 0 spiro atoms. The number of halogens is 19. The first-order valence-corrected chi connectivity index (χ1v) is 8.11. The Bertz CT molecular complexity index is 866. The van der Waals surface area contributed by atoms with Gasteiger partial charge in [0, 0.05) is 0 Å². The first-order valence-electron chi connectivity index (χ1n) is 6.67. The molecule has 1 rings (SSSR count). The zero-order chi connectivity index (χ0) is 27.3. The first kappa shape index (κ1) is 29.6. The van der Waals surface area contributed by atoms with Crippen LogP contribution in [0.25, 0.3) is 0 Å². The predicted molar refractivity (Wildman–Crippen MR) is 57.5 cm³/mol. The highest BCUT2D eigenvalue weighted by atomic mass is 32.2. The van der Waals surface area contributed by atoms with Gasteiger partial charge in [-0.1, -0.05) is 0 Å². The Morgan fingerprint density at radius 1 is 0.515 bits per heavy atom. The molecule has 1 heterocycles. The van der Waals surface area contributed by atoms with E-state index in [2.05, 4.69) is 4.84 Å². The smallest absolute Gasteiger partial charge is 0.236 e. The van der Waals surface area contributed by atoms with E-state index in [9.17, 15) is 91.8 Å². The number of hydrogen-bond acceptors (Lipinski definition) is 3. The molecular formula is C9F19NO3S. The van der Waals surface area contributed by atoms with Crippen molar-refractivity contribution in [1.82, 2.24) is 4.47 Å². The van der Waals surface area contributed by atoms with E-state index in [0.29, 0.717) is 0 Å². The topological polar surface area (TPSA) is 49.7 Å². The summed E-state index contributed by atoms with van der Waals surface area (Å²) < 4.78 is 262. The highest BCUT2D eigenvalue weighted by molar-refractivity contribution is 7.90. The fraction of sp³-hybridized carbons (Fsp3) is 1.00. The van der Waals surface area contributed by atoms with Crippen LogP contribution in [0.4, 0.5) is 83.4 Å². The minimum absolute atomic E-state index is 2.32. The van der Waals surface area contributed by atoms with Crippen molar-refractivity contribution in [2.45, 2.75) is 53.2 Å². The fourth-order valence-corrected chi connectivity index (χ4v) is 3.22. The molecule has 1 aliphatic rings. The third-order valence-electron chi connectivity index (χ3n) is 3.66. The van der Waals surface area contributed by atoms with E-state index in [4.69, 9.17) is 0 Å². The number of alkyl halides is 19. The zero-order valence-corrected chi connectivity index (χ0v) is 14.6. The molecule has 24 heteroatoms. The van der Waals surface area contributed by atoms with E-state index in [1.165, 1.54) is 0 Å². The third kappa shape index (κ3) is 3.40. The second-order valence-corrected chi connectivity index (χ2v) is 7.57. The van der Waals surface area contributed by atoms with Gasteiger partial charge in [-0.25, -0.2) is 13.3 Å². The van der Waals surface area contributed by atoms with Crippen molar-refractivity contribution in [1.29, 1.82) is 0 Å². The standard InChI is InChI=1S/C9F19NO3S/c10-1(11,3(14,15)6(18,19)20)2(12,13)4(16,17)9(27,28)33(30,31)29-5(32-29,7(21,22)23)8(24,25)26. The molecule has 0 N–H and O–H groups in total. The van der Waals surface area contributed by atoms with Gasteiger partial charge in [-0.3, -0.25) is 0 Å². The average Bonchev–Trinajstić information content (AvgIpc) is 3.30. The molecule has 4 nitrogen and oxygen atoms in total. The van der Waals surface area contributed by atoms with Gasteiger partial charge < -0.3 is 0 Å². The molecule has 0 aromatic heterocycles. The molecule has 198 valence electrons. The van der Waals surface area contributed by atoms with Gasteiger partial charge in [0.25, 0.3) is 0 Å². The Hall–Kier alpha value is -1.46. The lowest BCUT2D eigenvalue weighted by atomic mass is 9.98. The van der Waals surface area contributed by atoms with Crippen LogP contribution in [0, 0.1) is 0 Å². The number of nitrogens with zero attached hydrogens (tertiary/aromatic N) is 1. The lowest BCUT2D eigenvalue weighted by molar-refractivity contribution is -0.433. The monoisotopic (exact) mass is 563 g/mol. The van der Waals surface area contributed by atoms with Gasteiger partial charge in [-0.05, 0) is 4.47 Å². The Kier molecular flexibility index (Phi) is 6.11. The van der Waals surface area contributed by atoms with Gasteiger partial charge in [-0.2, -0.15) is 83.4 Å². The molecular weight excluding hydrogens is 563 g/mol. The molecule has 1 atom stereocenters. The molecule has 1 saturated heterocycles. The van der Waals surface area contributed by atoms with Crippen molar-refractivity contribution in [2.24, 2.45) is 0 Å². The van der Waals surface area contributed by atoms with Crippen LogP contribution in [-0.2, 0) is 14.9 Å².